The SMILES string of the molecule is CCC(C)N(C)CCNC(=NC)NCCCCSC.I. The standard InChI is InChI=1S/C14H32N4S.HI/c1-6-13(2)18(4)11-10-17-14(15-3)16-9-7-8-12-19-5;/h13H,6-12H2,1-5H3,(H2,15,16,17);1H. The number of likely N-dealkylation sites (N-methyl/N-ethyl adjacent to an activating group) is 1. The summed E-state index contributed by atoms with van der Waals surface area (Å²) in [6.07, 6.45) is 5.82. The number of rotatable bonds is 10. The van der Waals surface area contributed by atoms with Crippen molar-refractivity contribution in [3.05, 3.63) is 0 Å². The van der Waals surface area contributed by atoms with E-state index < -0.39 is 0 Å². The van der Waals surface area contributed by atoms with Crippen LogP contribution >= 0.6 is 35.7 Å². The van der Waals surface area contributed by atoms with Gasteiger partial charge in [-0.15, -0.1) is 24.0 Å². The molecule has 0 saturated carbocycles. The highest BCUT2D eigenvalue weighted by Crippen LogP contribution is 1.98. The van der Waals surface area contributed by atoms with Crippen molar-refractivity contribution >= 4 is 41.7 Å². The molecule has 0 aromatic rings. The summed E-state index contributed by atoms with van der Waals surface area (Å²) in [4.78, 5) is 6.61. The molecular weight excluding hydrogens is 383 g/mol. The van der Waals surface area contributed by atoms with Crippen LogP contribution in [0, 0.1) is 0 Å². The van der Waals surface area contributed by atoms with E-state index in [4.69, 9.17) is 0 Å². The van der Waals surface area contributed by atoms with Crippen LogP contribution in [-0.4, -0.2) is 62.6 Å². The second-order valence-electron chi connectivity index (χ2n) is 4.86. The minimum Gasteiger partial charge on any atom is -0.356 e. The topological polar surface area (TPSA) is 39.7 Å². The van der Waals surface area contributed by atoms with Gasteiger partial charge in [0.1, 0.15) is 0 Å². The van der Waals surface area contributed by atoms with Crippen molar-refractivity contribution < 1.29 is 0 Å². The van der Waals surface area contributed by atoms with Crippen LogP contribution in [0.5, 0.6) is 0 Å². The van der Waals surface area contributed by atoms with E-state index >= 15 is 0 Å². The summed E-state index contributed by atoms with van der Waals surface area (Å²) in [6, 6.07) is 0.642. The monoisotopic (exact) mass is 416 g/mol. The van der Waals surface area contributed by atoms with E-state index in [0.717, 1.165) is 25.6 Å². The lowest BCUT2D eigenvalue weighted by atomic mass is 10.2. The molecule has 0 aliphatic carbocycles. The molecule has 0 aromatic carbocycles. The predicted octanol–water partition coefficient (Wildman–Crippen LogP) is 2.64. The zero-order valence-electron chi connectivity index (χ0n) is 13.7. The third kappa shape index (κ3) is 12.1. The van der Waals surface area contributed by atoms with E-state index in [1.807, 2.05) is 18.8 Å². The molecule has 0 radical (unpaired) electrons. The third-order valence-corrected chi connectivity index (χ3v) is 4.09. The molecule has 0 aromatic heterocycles. The lowest BCUT2D eigenvalue weighted by molar-refractivity contribution is 0.255. The maximum Gasteiger partial charge on any atom is 0.191 e. The van der Waals surface area contributed by atoms with Crippen molar-refractivity contribution in [3.8, 4) is 0 Å². The summed E-state index contributed by atoms with van der Waals surface area (Å²) in [7, 11) is 4.00. The van der Waals surface area contributed by atoms with Gasteiger partial charge < -0.3 is 15.5 Å². The summed E-state index contributed by atoms with van der Waals surface area (Å²) in [6.45, 7) is 7.47. The quantitative estimate of drug-likeness (QED) is 0.249. The molecule has 0 aliphatic heterocycles. The van der Waals surface area contributed by atoms with Crippen molar-refractivity contribution in [2.75, 3.05) is 45.7 Å². The number of nitrogens with zero attached hydrogens (tertiary/aromatic N) is 2. The molecule has 0 amide bonds. The highest BCUT2D eigenvalue weighted by atomic mass is 127. The van der Waals surface area contributed by atoms with Gasteiger partial charge in [0, 0.05) is 32.7 Å². The maximum absolute atomic E-state index is 4.24. The largest absolute Gasteiger partial charge is 0.356 e. The van der Waals surface area contributed by atoms with Crippen molar-refractivity contribution in [3.63, 3.8) is 0 Å². The van der Waals surface area contributed by atoms with E-state index in [1.165, 1.54) is 25.0 Å². The Morgan fingerprint density at radius 1 is 1.25 bits per heavy atom. The van der Waals surface area contributed by atoms with Gasteiger partial charge in [-0.2, -0.15) is 11.8 Å². The number of guanidine groups is 1. The first-order valence-corrected chi connectivity index (χ1v) is 8.68. The molecular formula is C14H33IN4S. The first-order valence-electron chi connectivity index (χ1n) is 7.29. The Balaban J connectivity index is 0. The van der Waals surface area contributed by atoms with E-state index in [2.05, 4.69) is 47.7 Å². The van der Waals surface area contributed by atoms with Gasteiger partial charge in [0.25, 0.3) is 0 Å². The van der Waals surface area contributed by atoms with Gasteiger partial charge in [-0.25, -0.2) is 0 Å². The zero-order chi connectivity index (χ0) is 14.5. The first-order chi connectivity index (χ1) is 9.15. The zero-order valence-corrected chi connectivity index (χ0v) is 16.9. The molecule has 0 heterocycles. The molecule has 1 atom stereocenters. The fourth-order valence-electron chi connectivity index (χ4n) is 1.68. The summed E-state index contributed by atoms with van der Waals surface area (Å²) in [5.74, 6) is 2.16. The van der Waals surface area contributed by atoms with Crippen molar-refractivity contribution in [1.29, 1.82) is 0 Å². The molecule has 4 nitrogen and oxygen atoms in total. The van der Waals surface area contributed by atoms with Crippen molar-refractivity contribution in [2.45, 2.75) is 39.2 Å². The molecule has 20 heavy (non-hydrogen) atoms. The van der Waals surface area contributed by atoms with Crippen LogP contribution in [0.2, 0.25) is 0 Å². The number of halogens is 1. The number of aliphatic imine (C=N–C) groups is 1. The Hall–Kier alpha value is 0.310. The summed E-state index contributed by atoms with van der Waals surface area (Å²) in [5, 5.41) is 6.72. The van der Waals surface area contributed by atoms with Gasteiger partial charge >= 0.3 is 0 Å². The average molecular weight is 416 g/mol. The van der Waals surface area contributed by atoms with E-state index in [9.17, 15) is 0 Å². The Labute approximate surface area is 147 Å². The van der Waals surface area contributed by atoms with Crippen LogP contribution in [-0.2, 0) is 0 Å². The minimum atomic E-state index is 0. The Kier molecular flexibility index (Phi) is 17.7. The molecule has 0 aliphatic rings. The molecule has 0 rings (SSSR count). The highest BCUT2D eigenvalue weighted by Gasteiger charge is 2.05. The van der Waals surface area contributed by atoms with Gasteiger partial charge in [0.2, 0.25) is 0 Å². The Morgan fingerprint density at radius 3 is 2.45 bits per heavy atom. The van der Waals surface area contributed by atoms with Crippen LogP contribution in [0.4, 0.5) is 0 Å². The van der Waals surface area contributed by atoms with Crippen LogP contribution in [0.15, 0.2) is 4.99 Å². The normalized spacial score (nSPS) is 13.0. The average Bonchev–Trinajstić information content (AvgIpc) is 2.43. The van der Waals surface area contributed by atoms with Gasteiger partial charge in [0.05, 0.1) is 0 Å². The minimum absolute atomic E-state index is 0. The number of hydrogen-bond acceptors (Lipinski definition) is 3. The molecule has 0 spiro atoms. The lowest BCUT2D eigenvalue weighted by Crippen LogP contribution is -2.42. The summed E-state index contributed by atoms with van der Waals surface area (Å²) in [5.41, 5.74) is 0. The Morgan fingerprint density at radius 2 is 1.90 bits per heavy atom. The van der Waals surface area contributed by atoms with E-state index in [-0.39, 0.29) is 24.0 Å². The number of nitrogens with one attached hydrogen (secondary N) is 2. The van der Waals surface area contributed by atoms with Gasteiger partial charge in [-0.05, 0) is 45.2 Å². The molecule has 0 saturated heterocycles. The van der Waals surface area contributed by atoms with E-state index in [0.29, 0.717) is 6.04 Å². The van der Waals surface area contributed by atoms with Crippen LogP contribution < -0.4 is 10.6 Å². The second-order valence-corrected chi connectivity index (χ2v) is 5.85. The van der Waals surface area contributed by atoms with Crippen LogP contribution in [0.25, 0.3) is 0 Å². The smallest absolute Gasteiger partial charge is 0.191 e. The maximum atomic E-state index is 4.24. The van der Waals surface area contributed by atoms with Crippen LogP contribution in [0.3, 0.4) is 0 Å². The van der Waals surface area contributed by atoms with Gasteiger partial charge in [-0.3, -0.25) is 4.99 Å². The Bertz CT molecular complexity index is 239. The predicted molar refractivity (Wildman–Crippen MR) is 105 cm³/mol. The number of unbranched alkanes of at least 4 members (excludes halogenated alkanes) is 1. The second kappa shape index (κ2) is 15.7. The van der Waals surface area contributed by atoms with Crippen molar-refractivity contribution in [2.24, 2.45) is 4.99 Å². The van der Waals surface area contributed by atoms with Crippen molar-refractivity contribution in [1.82, 2.24) is 15.5 Å². The molecule has 0 bridgehead atoms. The number of hydrogen-bond donors (Lipinski definition) is 2. The highest BCUT2D eigenvalue weighted by molar-refractivity contribution is 14.0. The number of thioether (sulfide) groups is 1. The van der Waals surface area contributed by atoms with Gasteiger partial charge in [0.15, 0.2) is 5.96 Å². The summed E-state index contributed by atoms with van der Waals surface area (Å²) < 4.78 is 0. The molecule has 6 heteroatoms. The van der Waals surface area contributed by atoms with Crippen LogP contribution in [0.1, 0.15) is 33.1 Å². The van der Waals surface area contributed by atoms with E-state index in [1.54, 1.807) is 0 Å². The third-order valence-electron chi connectivity index (χ3n) is 3.39. The molecule has 1 unspecified atom stereocenters. The molecule has 122 valence electrons. The first kappa shape index (κ1) is 22.6. The lowest BCUT2D eigenvalue weighted by Gasteiger charge is -2.23. The fourth-order valence-corrected chi connectivity index (χ4v) is 2.17. The summed E-state index contributed by atoms with van der Waals surface area (Å²) >= 11 is 1.91. The van der Waals surface area contributed by atoms with Gasteiger partial charge in [-0.1, -0.05) is 6.92 Å². The fraction of sp³-hybridized carbons (Fsp3) is 0.929. The molecule has 0 fully saturated rings. The molecule has 2 N–H and O–H groups in total.